The lowest BCUT2D eigenvalue weighted by Crippen LogP contribution is -2.12. The van der Waals surface area contributed by atoms with Gasteiger partial charge in [0.15, 0.2) is 0 Å². The molecule has 132 valence electrons. The number of nitrogens with one attached hydrogen (secondary N) is 2. The van der Waals surface area contributed by atoms with E-state index in [2.05, 4.69) is 58.2 Å². The third-order valence-electron chi connectivity index (χ3n) is 5.12. The third kappa shape index (κ3) is 2.49. The molecule has 3 aromatic carbocycles. The van der Waals surface area contributed by atoms with Gasteiger partial charge in [0.05, 0.1) is 0 Å². The number of amides is 1. The lowest BCUT2D eigenvalue weighted by Gasteiger charge is -2.06. The Bertz CT molecular complexity index is 1280. The van der Waals surface area contributed by atoms with Crippen molar-refractivity contribution in [1.29, 1.82) is 0 Å². The Morgan fingerprint density at radius 2 is 1.70 bits per heavy atom. The number of carbonyl (C=O) groups excluding carboxylic acids is 1. The summed E-state index contributed by atoms with van der Waals surface area (Å²) in [7, 11) is 0. The van der Waals surface area contributed by atoms with Crippen LogP contribution in [-0.2, 0) is 6.54 Å². The van der Waals surface area contributed by atoms with Gasteiger partial charge < -0.3 is 14.9 Å². The van der Waals surface area contributed by atoms with Crippen LogP contribution in [0.25, 0.3) is 32.7 Å². The molecule has 0 aliphatic rings. The second kappa shape index (κ2) is 6.02. The van der Waals surface area contributed by atoms with E-state index in [1.807, 2.05) is 36.4 Å². The summed E-state index contributed by atoms with van der Waals surface area (Å²) in [4.78, 5) is 15.9. The zero-order valence-electron chi connectivity index (χ0n) is 15.0. The third-order valence-corrected chi connectivity index (χ3v) is 5.12. The van der Waals surface area contributed by atoms with Crippen LogP contribution in [0, 0.1) is 0 Å². The van der Waals surface area contributed by atoms with Crippen molar-refractivity contribution < 1.29 is 4.79 Å². The van der Waals surface area contributed by atoms with Gasteiger partial charge in [0.1, 0.15) is 5.69 Å². The molecule has 5 aromatic rings. The number of benzene rings is 3. The quantitative estimate of drug-likeness (QED) is 0.439. The van der Waals surface area contributed by atoms with Gasteiger partial charge in [-0.15, -0.1) is 0 Å². The molecule has 0 radical (unpaired) electrons. The highest BCUT2D eigenvalue weighted by atomic mass is 16.1. The summed E-state index contributed by atoms with van der Waals surface area (Å²) in [5.74, 6) is -0.134. The normalized spacial score (nSPS) is 11.4. The fourth-order valence-corrected chi connectivity index (χ4v) is 3.87. The van der Waals surface area contributed by atoms with Gasteiger partial charge in [-0.25, -0.2) is 0 Å². The minimum absolute atomic E-state index is 0.134. The van der Waals surface area contributed by atoms with Crippen molar-refractivity contribution in [2.45, 2.75) is 13.5 Å². The van der Waals surface area contributed by atoms with E-state index in [0.29, 0.717) is 5.69 Å². The fraction of sp³-hybridized carbons (Fsp3) is 0.0870. The van der Waals surface area contributed by atoms with Crippen molar-refractivity contribution in [3.8, 4) is 0 Å². The number of aryl methyl sites for hydroxylation is 1. The van der Waals surface area contributed by atoms with Gasteiger partial charge in [0.25, 0.3) is 5.91 Å². The van der Waals surface area contributed by atoms with E-state index >= 15 is 0 Å². The number of aromatic nitrogens is 2. The van der Waals surface area contributed by atoms with E-state index in [9.17, 15) is 4.79 Å². The van der Waals surface area contributed by atoms with E-state index in [-0.39, 0.29) is 5.91 Å². The molecular formula is C23H19N3O. The number of H-pyrrole nitrogens is 1. The summed E-state index contributed by atoms with van der Waals surface area (Å²) in [6, 6.07) is 24.3. The summed E-state index contributed by atoms with van der Waals surface area (Å²) in [6.07, 6.45) is 0. The predicted octanol–water partition coefficient (Wildman–Crippen LogP) is 5.55. The Morgan fingerprint density at radius 3 is 2.56 bits per heavy atom. The van der Waals surface area contributed by atoms with E-state index in [1.54, 1.807) is 0 Å². The van der Waals surface area contributed by atoms with E-state index in [4.69, 9.17) is 0 Å². The number of hydrogen-bond donors (Lipinski definition) is 2. The molecule has 5 rings (SSSR count). The Hall–Kier alpha value is -3.53. The van der Waals surface area contributed by atoms with Crippen LogP contribution in [0.15, 0.2) is 72.8 Å². The molecule has 0 saturated carbocycles. The van der Waals surface area contributed by atoms with Crippen molar-refractivity contribution in [3.63, 3.8) is 0 Å². The molecular weight excluding hydrogens is 334 g/mol. The van der Waals surface area contributed by atoms with Crippen LogP contribution in [0.4, 0.5) is 5.69 Å². The maximum Gasteiger partial charge on any atom is 0.272 e. The van der Waals surface area contributed by atoms with Crippen LogP contribution in [0.3, 0.4) is 0 Å². The Labute approximate surface area is 156 Å². The number of aromatic amines is 1. The van der Waals surface area contributed by atoms with Gasteiger partial charge in [0, 0.05) is 44.9 Å². The van der Waals surface area contributed by atoms with Crippen LogP contribution in [0.2, 0.25) is 0 Å². The Morgan fingerprint density at radius 1 is 0.926 bits per heavy atom. The topological polar surface area (TPSA) is 49.8 Å². The zero-order chi connectivity index (χ0) is 18.4. The molecule has 0 unspecified atom stereocenters. The summed E-state index contributed by atoms with van der Waals surface area (Å²) >= 11 is 0. The first kappa shape index (κ1) is 15.7. The largest absolute Gasteiger partial charge is 0.351 e. The van der Waals surface area contributed by atoms with Crippen LogP contribution >= 0.6 is 0 Å². The summed E-state index contributed by atoms with van der Waals surface area (Å²) < 4.78 is 2.30. The fourth-order valence-electron chi connectivity index (χ4n) is 3.87. The molecule has 4 heteroatoms. The van der Waals surface area contributed by atoms with Crippen molar-refractivity contribution in [1.82, 2.24) is 9.55 Å². The monoisotopic (exact) mass is 353 g/mol. The number of para-hydroxylation sites is 2. The lowest BCUT2D eigenvalue weighted by molar-refractivity contribution is 0.102. The molecule has 2 heterocycles. The van der Waals surface area contributed by atoms with Crippen molar-refractivity contribution in [2.75, 3.05) is 5.32 Å². The first-order valence-corrected chi connectivity index (χ1v) is 9.14. The molecule has 2 aromatic heterocycles. The number of rotatable bonds is 3. The molecule has 0 spiro atoms. The van der Waals surface area contributed by atoms with E-state index in [0.717, 1.165) is 28.5 Å². The molecule has 0 aliphatic carbocycles. The molecule has 0 fully saturated rings. The van der Waals surface area contributed by atoms with Gasteiger partial charge in [-0.3, -0.25) is 4.79 Å². The smallest absolute Gasteiger partial charge is 0.272 e. The number of nitrogens with zero attached hydrogens (tertiary/aromatic N) is 1. The van der Waals surface area contributed by atoms with Gasteiger partial charge in [-0.2, -0.15) is 0 Å². The number of hydrogen-bond acceptors (Lipinski definition) is 1. The van der Waals surface area contributed by atoms with E-state index in [1.165, 1.54) is 16.4 Å². The van der Waals surface area contributed by atoms with Gasteiger partial charge in [-0.05, 0) is 43.3 Å². The van der Waals surface area contributed by atoms with Crippen molar-refractivity contribution in [3.05, 3.63) is 78.5 Å². The first-order valence-electron chi connectivity index (χ1n) is 9.14. The summed E-state index contributed by atoms with van der Waals surface area (Å²) in [5, 5.41) is 6.41. The number of anilines is 1. The van der Waals surface area contributed by atoms with Crippen molar-refractivity contribution >= 4 is 44.3 Å². The second-order valence-corrected chi connectivity index (χ2v) is 6.72. The molecule has 0 atom stereocenters. The zero-order valence-corrected chi connectivity index (χ0v) is 15.0. The molecule has 27 heavy (non-hydrogen) atoms. The molecule has 4 nitrogen and oxygen atoms in total. The molecule has 1 amide bonds. The second-order valence-electron chi connectivity index (χ2n) is 6.72. The SMILES string of the molecule is CCn1c2ccccc2c2cc(NC(=O)c3cc4ccccc4[nH]3)ccc21. The molecule has 2 N–H and O–H groups in total. The predicted molar refractivity (Wildman–Crippen MR) is 111 cm³/mol. The van der Waals surface area contributed by atoms with E-state index < -0.39 is 0 Å². The maximum absolute atomic E-state index is 12.7. The minimum atomic E-state index is -0.134. The highest BCUT2D eigenvalue weighted by molar-refractivity contribution is 6.11. The summed E-state index contributed by atoms with van der Waals surface area (Å²) in [5.41, 5.74) is 4.72. The van der Waals surface area contributed by atoms with Crippen molar-refractivity contribution in [2.24, 2.45) is 0 Å². The standard InChI is InChI=1S/C23H19N3O/c1-2-26-21-10-6-4-8-17(21)18-14-16(11-12-22(18)26)24-23(27)20-13-15-7-3-5-9-19(15)25-20/h3-14,25H,2H2,1H3,(H,24,27). The highest BCUT2D eigenvalue weighted by Gasteiger charge is 2.13. The lowest BCUT2D eigenvalue weighted by atomic mass is 10.1. The Balaban J connectivity index is 1.55. The van der Waals surface area contributed by atoms with Gasteiger partial charge in [-0.1, -0.05) is 36.4 Å². The van der Waals surface area contributed by atoms with Gasteiger partial charge in [0.2, 0.25) is 0 Å². The average molecular weight is 353 g/mol. The molecule has 0 bridgehead atoms. The minimum Gasteiger partial charge on any atom is -0.351 e. The van der Waals surface area contributed by atoms with Crippen LogP contribution in [-0.4, -0.2) is 15.5 Å². The average Bonchev–Trinajstić information content (AvgIpc) is 3.27. The number of fused-ring (bicyclic) bond motifs is 4. The number of carbonyl (C=O) groups is 1. The molecule has 0 saturated heterocycles. The van der Waals surface area contributed by atoms with Crippen LogP contribution in [0.5, 0.6) is 0 Å². The van der Waals surface area contributed by atoms with Crippen LogP contribution < -0.4 is 5.32 Å². The van der Waals surface area contributed by atoms with Crippen LogP contribution in [0.1, 0.15) is 17.4 Å². The summed E-state index contributed by atoms with van der Waals surface area (Å²) in [6.45, 7) is 3.06. The highest BCUT2D eigenvalue weighted by Crippen LogP contribution is 2.31. The molecule has 0 aliphatic heterocycles. The Kier molecular flexibility index (Phi) is 3.50. The maximum atomic E-state index is 12.7. The first-order chi connectivity index (χ1) is 13.2. The van der Waals surface area contributed by atoms with Gasteiger partial charge >= 0.3 is 0 Å².